The van der Waals surface area contributed by atoms with Crippen molar-refractivity contribution in [3.05, 3.63) is 54.5 Å². The Labute approximate surface area is 219 Å². The molecule has 0 aliphatic carbocycles. The van der Waals surface area contributed by atoms with Gasteiger partial charge in [-0.1, -0.05) is 16.9 Å². The van der Waals surface area contributed by atoms with Gasteiger partial charge in [-0.3, -0.25) is 28.6 Å². The fourth-order valence-corrected chi connectivity index (χ4v) is 5.98. The van der Waals surface area contributed by atoms with E-state index < -0.39 is 40.3 Å². The smallest absolute Gasteiger partial charge is 0.352 e. The quantitative estimate of drug-likeness (QED) is 0.0985. The van der Waals surface area contributed by atoms with E-state index >= 15 is 0 Å². The molecule has 5 N–H and O–H groups in total. The molecule has 194 valence electrons. The summed E-state index contributed by atoms with van der Waals surface area (Å²) in [7, 11) is 2.63. The van der Waals surface area contributed by atoms with Gasteiger partial charge in [0, 0.05) is 18.2 Å². The molecule has 1 saturated heterocycles. The lowest BCUT2D eigenvalue weighted by atomic mass is 10.0. The van der Waals surface area contributed by atoms with Crippen LogP contribution in [0.3, 0.4) is 0 Å². The van der Waals surface area contributed by atoms with E-state index in [-0.39, 0.29) is 33.1 Å². The molecule has 2 unspecified atom stereocenters. The van der Waals surface area contributed by atoms with Gasteiger partial charge < -0.3 is 21.0 Å². The number of β-lactam (4-membered cyclic amide) rings is 1. The minimum Gasteiger partial charge on any atom is -0.477 e. The average Bonchev–Trinajstić information content (AvgIpc) is 3.30. The van der Waals surface area contributed by atoms with Crippen LogP contribution in [0.25, 0.3) is 0 Å². The molecule has 2 aliphatic rings. The Balaban J connectivity index is 1.51. The van der Waals surface area contributed by atoms with Gasteiger partial charge in [0.2, 0.25) is 0 Å². The zero-order valence-corrected chi connectivity index (χ0v) is 21.5. The van der Waals surface area contributed by atoms with Crippen LogP contribution < -0.4 is 22.2 Å². The first-order chi connectivity index (χ1) is 17.6. The number of anilines is 1. The zero-order valence-electron chi connectivity index (χ0n) is 19.0. The number of thiazole rings is 1. The van der Waals surface area contributed by atoms with Crippen molar-refractivity contribution in [3.8, 4) is 0 Å². The summed E-state index contributed by atoms with van der Waals surface area (Å²) in [4.78, 5) is 70.7. The number of nitrogen functional groups attached to an aromatic ring is 1. The molecule has 15 nitrogen and oxygen atoms in total. The molecule has 2 amide bonds. The summed E-state index contributed by atoms with van der Waals surface area (Å²) >= 11 is 3.34. The van der Waals surface area contributed by atoms with Gasteiger partial charge in [-0.25, -0.2) is 14.9 Å². The number of hydrogen-bond acceptors (Lipinski definition) is 13. The number of aliphatic carboxylic acids is 1. The second kappa shape index (κ2) is 10.6. The van der Waals surface area contributed by atoms with Crippen LogP contribution in [0.15, 0.2) is 48.0 Å². The number of nitrogens with zero attached hydrogens (tertiary/aromatic N) is 5. The van der Waals surface area contributed by atoms with E-state index in [1.54, 1.807) is 0 Å². The highest BCUT2D eigenvalue weighted by atomic mass is 32.2. The molecule has 0 aromatic carbocycles. The van der Waals surface area contributed by atoms with Gasteiger partial charge in [-0.05, 0) is 17.1 Å². The van der Waals surface area contributed by atoms with Gasteiger partial charge >= 0.3 is 17.1 Å². The number of carboxylic acid groups (broad SMARTS) is 1. The summed E-state index contributed by atoms with van der Waals surface area (Å²) in [6.07, 6.45) is 1.49. The highest BCUT2D eigenvalue weighted by molar-refractivity contribution is 8.02. The second-order valence-electron chi connectivity index (χ2n) is 7.35. The van der Waals surface area contributed by atoms with Crippen LogP contribution in [-0.2, 0) is 26.3 Å². The van der Waals surface area contributed by atoms with Gasteiger partial charge in [-0.2, -0.15) is 0 Å². The number of rotatable bonds is 8. The van der Waals surface area contributed by atoms with Gasteiger partial charge in [0.05, 0.1) is 0 Å². The molecule has 37 heavy (non-hydrogen) atoms. The number of allylic oxidation sites excluding steroid dienone is 1. The van der Waals surface area contributed by atoms with Crippen molar-refractivity contribution in [2.45, 2.75) is 16.6 Å². The van der Waals surface area contributed by atoms with Crippen molar-refractivity contribution < 1.29 is 24.3 Å². The molecule has 4 rings (SSSR count). The number of aromatic amines is 1. The molecular formula is C19H18N8O7S3. The largest absolute Gasteiger partial charge is 0.477 e. The predicted octanol–water partition coefficient (Wildman–Crippen LogP) is -1.10. The van der Waals surface area contributed by atoms with Crippen LogP contribution in [-0.4, -0.2) is 77.5 Å². The summed E-state index contributed by atoms with van der Waals surface area (Å²) in [6, 6.07) is -0.996. The van der Waals surface area contributed by atoms with Crippen molar-refractivity contribution >= 4 is 63.5 Å². The van der Waals surface area contributed by atoms with Crippen LogP contribution in [0.1, 0.15) is 5.69 Å². The Morgan fingerprint density at radius 3 is 2.81 bits per heavy atom. The lowest BCUT2D eigenvalue weighted by Crippen LogP contribution is -2.71. The van der Waals surface area contributed by atoms with Gasteiger partial charge in [-0.15, -0.1) is 28.2 Å². The lowest BCUT2D eigenvalue weighted by molar-refractivity contribution is -0.150. The van der Waals surface area contributed by atoms with Crippen molar-refractivity contribution in [1.82, 2.24) is 30.0 Å². The Kier molecular flexibility index (Phi) is 7.50. The molecule has 0 saturated carbocycles. The fraction of sp³-hybridized carbons (Fsp3) is 0.263. The monoisotopic (exact) mass is 566 g/mol. The molecule has 4 heterocycles. The van der Waals surface area contributed by atoms with Crippen molar-refractivity contribution in [2.75, 3.05) is 18.6 Å². The number of oxime groups is 1. The number of carbonyl (C=O) groups excluding carboxylic acids is 2. The van der Waals surface area contributed by atoms with Crippen LogP contribution in [0.4, 0.5) is 5.13 Å². The molecule has 2 aromatic heterocycles. The number of aromatic nitrogens is 4. The summed E-state index contributed by atoms with van der Waals surface area (Å²) in [6.45, 7) is 0. The topological polar surface area (TPSA) is 215 Å². The lowest BCUT2D eigenvalue weighted by Gasteiger charge is -2.49. The number of H-pyrrole nitrogens is 1. The van der Waals surface area contributed by atoms with Gasteiger partial charge in [0.1, 0.15) is 29.9 Å². The standard InChI is InChI=1S/C19H18N8O7S3/c1-26-15(31)13(29)23-24-19(26)35-4-3-7-5-36-16-10(14(30)27(16)11(7)17(32)33)22-12(28)9(25-34-2)8-6-37-18(20)21-8/h3-4,6,10,16H,5H2,1-2H3,(H2,20,21)(H,22,28)(H,23,29)(H,32,33). The van der Waals surface area contributed by atoms with E-state index in [4.69, 9.17) is 10.6 Å². The fourth-order valence-electron chi connectivity index (χ4n) is 3.42. The summed E-state index contributed by atoms with van der Waals surface area (Å²) in [5.41, 5.74) is 4.08. The first-order valence-electron chi connectivity index (χ1n) is 10.2. The van der Waals surface area contributed by atoms with E-state index in [0.29, 0.717) is 5.57 Å². The average molecular weight is 567 g/mol. The van der Waals surface area contributed by atoms with E-state index in [2.05, 4.69) is 25.7 Å². The molecular weight excluding hydrogens is 548 g/mol. The minimum atomic E-state index is -1.32. The summed E-state index contributed by atoms with van der Waals surface area (Å²) in [5.74, 6) is -2.44. The number of fused-ring (bicyclic) bond motifs is 1. The molecule has 1 fully saturated rings. The van der Waals surface area contributed by atoms with Gasteiger partial charge in [0.25, 0.3) is 11.8 Å². The molecule has 0 spiro atoms. The van der Waals surface area contributed by atoms with E-state index in [0.717, 1.165) is 32.6 Å². The first kappa shape index (κ1) is 26.2. The summed E-state index contributed by atoms with van der Waals surface area (Å²) in [5, 5.41) is 24.7. The number of nitrogens with two attached hydrogens (primary N) is 1. The first-order valence-corrected chi connectivity index (χ1v) is 13.0. The van der Waals surface area contributed by atoms with E-state index in [9.17, 15) is 29.1 Å². The van der Waals surface area contributed by atoms with Crippen LogP contribution in [0.5, 0.6) is 0 Å². The number of thioether (sulfide) groups is 2. The van der Waals surface area contributed by atoms with Crippen LogP contribution in [0.2, 0.25) is 0 Å². The SMILES string of the molecule is CON=C(C(=O)NC1C(=O)N2C(C(=O)O)=C(C=CSc3n[nH]c(=O)c(=O)n3C)CSC12)c1csc(N)n1. The Morgan fingerprint density at radius 2 is 2.16 bits per heavy atom. The van der Waals surface area contributed by atoms with Crippen molar-refractivity contribution in [2.24, 2.45) is 12.2 Å². The Morgan fingerprint density at radius 1 is 1.41 bits per heavy atom. The zero-order chi connectivity index (χ0) is 26.9. The van der Waals surface area contributed by atoms with Crippen molar-refractivity contribution in [3.63, 3.8) is 0 Å². The highest BCUT2D eigenvalue weighted by Gasteiger charge is 2.54. The molecule has 0 bridgehead atoms. The highest BCUT2D eigenvalue weighted by Crippen LogP contribution is 2.41. The predicted molar refractivity (Wildman–Crippen MR) is 135 cm³/mol. The Bertz CT molecular complexity index is 1490. The third-order valence-corrected chi connectivity index (χ3v) is 7.95. The van der Waals surface area contributed by atoms with E-state index in [1.165, 1.54) is 42.8 Å². The molecule has 2 atom stereocenters. The maximum absolute atomic E-state index is 12.9. The molecule has 0 radical (unpaired) electrons. The third-order valence-electron chi connectivity index (χ3n) is 5.13. The van der Waals surface area contributed by atoms with Gasteiger partial charge in [0.15, 0.2) is 16.0 Å². The normalized spacial score (nSPS) is 19.6. The van der Waals surface area contributed by atoms with E-state index in [1.807, 2.05) is 0 Å². The Hall–Kier alpha value is -3.90. The maximum Gasteiger partial charge on any atom is 0.352 e. The second-order valence-corrected chi connectivity index (χ2v) is 10.2. The number of nitrogens with one attached hydrogen (secondary N) is 2. The number of hydrogen-bond donors (Lipinski definition) is 4. The number of carbonyl (C=O) groups is 3. The minimum absolute atomic E-state index is 0.173. The third kappa shape index (κ3) is 5.02. The van der Waals surface area contributed by atoms with Crippen LogP contribution in [0, 0.1) is 0 Å². The van der Waals surface area contributed by atoms with Crippen LogP contribution >= 0.6 is 34.9 Å². The number of amides is 2. The number of carboxylic acids is 1. The van der Waals surface area contributed by atoms with Crippen molar-refractivity contribution in [1.29, 1.82) is 0 Å². The maximum atomic E-state index is 12.9. The summed E-state index contributed by atoms with van der Waals surface area (Å²) < 4.78 is 1.05. The molecule has 2 aromatic rings. The molecule has 2 aliphatic heterocycles. The molecule has 18 heteroatoms.